The second kappa shape index (κ2) is 9.96. The zero-order valence-electron chi connectivity index (χ0n) is 15.8. The van der Waals surface area contributed by atoms with E-state index in [0.717, 1.165) is 12.8 Å². The maximum absolute atomic E-state index is 12.3. The number of carbonyl (C=O) groups excluding carboxylic acids is 2. The van der Waals surface area contributed by atoms with Crippen molar-refractivity contribution in [3.05, 3.63) is 12.7 Å². The zero-order chi connectivity index (χ0) is 18.9. The Kier molecular flexibility index (Phi) is 9.12. The number of amides is 2. The van der Waals surface area contributed by atoms with Crippen LogP contribution in [0.15, 0.2) is 12.7 Å². The molecule has 6 heteroatoms. The number of likely N-dealkylation sites (N-methyl/N-ethyl adjacent to an activating group) is 1. The van der Waals surface area contributed by atoms with E-state index in [1.165, 1.54) is 11.9 Å². The summed E-state index contributed by atoms with van der Waals surface area (Å²) in [5.74, 6) is -0.0716. The molecule has 0 rings (SSSR count). The molecule has 0 aromatic heterocycles. The van der Waals surface area contributed by atoms with Crippen LogP contribution >= 0.6 is 0 Å². The minimum absolute atomic E-state index is 0.298. The van der Waals surface area contributed by atoms with Gasteiger partial charge in [-0.1, -0.05) is 13.0 Å². The summed E-state index contributed by atoms with van der Waals surface area (Å²) in [7, 11) is 1.51. The van der Waals surface area contributed by atoms with Crippen LogP contribution in [0.5, 0.6) is 0 Å². The normalized spacial score (nSPS) is 14.7. The molecule has 136 valence electrons. The minimum Gasteiger partial charge on any atom is -0.444 e. The fourth-order valence-corrected chi connectivity index (χ4v) is 2.03. The summed E-state index contributed by atoms with van der Waals surface area (Å²) in [6, 6.07) is 0.809. The highest BCUT2D eigenvalue weighted by atomic mass is 16.6. The molecular weight excluding hydrogens is 306 g/mol. The summed E-state index contributed by atoms with van der Waals surface area (Å²) in [6.07, 6.45) is 3.64. The first-order valence-corrected chi connectivity index (χ1v) is 8.28. The lowest BCUT2D eigenvalue weighted by Gasteiger charge is -2.28. The second-order valence-electron chi connectivity index (χ2n) is 7.16. The first-order chi connectivity index (χ1) is 11.0. The van der Waals surface area contributed by atoms with Crippen LogP contribution in [0.4, 0.5) is 4.79 Å². The average molecular weight is 337 g/mol. The number of nitriles is 1. The van der Waals surface area contributed by atoms with Crippen LogP contribution < -0.4 is 5.32 Å². The summed E-state index contributed by atoms with van der Waals surface area (Å²) in [5.41, 5.74) is -0.628. The van der Waals surface area contributed by atoms with E-state index in [1.807, 2.05) is 13.0 Å². The molecule has 0 radical (unpaired) electrons. The lowest BCUT2D eigenvalue weighted by molar-refractivity contribution is -0.125. The van der Waals surface area contributed by atoms with Crippen molar-refractivity contribution in [2.24, 2.45) is 5.92 Å². The molecule has 1 unspecified atom stereocenters. The summed E-state index contributed by atoms with van der Waals surface area (Å²) in [5, 5.41) is 11.9. The van der Waals surface area contributed by atoms with E-state index < -0.39 is 23.8 Å². The van der Waals surface area contributed by atoms with Crippen LogP contribution in [0.25, 0.3) is 0 Å². The van der Waals surface area contributed by atoms with Crippen molar-refractivity contribution in [2.75, 3.05) is 7.05 Å². The molecule has 0 heterocycles. The SMILES string of the molecule is C=CCC[C@@H](C)CC(C#N)NC(=O)[C@H](C)N(C)C(=O)OC(C)(C)C. The fourth-order valence-electron chi connectivity index (χ4n) is 2.03. The highest BCUT2D eigenvalue weighted by Crippen LogP contribution is 2.14. The van der Waals surface area contributed by atoms with Gasteiger partial charge in [-0.2, -0.15) is 5.26 Å². The molecule has 3 atom stereocenters. The van der Waals surface area contributed by atoms with Gasteiger partial charge in [-0.15, -0.1) is 6.58 Å². The first kappa shape index (κ1) is 22.0. The molecule has 6 nitrogen and oxygen atoms in total. The monoisotopic (exact) mass is 337 g/mol. The zero-order valence-corrected chi connectivity index (χ0v) is 15.8. The Labute approximate surface area is 145 Å². The number of ether oxygens (including phenoxy) is 1. The number of nitrogens with zero attached hydrogens (tertiary/aromatic N) is 2. The quantitative estimate of drug-likeness (QED) is 0.689. The Morgan fingerprint density at radius 1 is 1.38 bits per heavy atom. The minimum atomic E-state index is -0.723. The predicted octanol–water partition coefficient (Wildman–Crippen LogP) is 3.24. The van der Waals surface area contributed by atoms with Gasteiger partial charge in [0.25, 0.3) is 0 Å². The fraction of sp³-hybridized carbons (Fsp3) is 0.722. The molecule has 2 amide bonds. The molecule has 0 saturated heterocycles. The number of rotatable bonds is 8. The van der Waals surface area contributed by atoms with Gasteiger partial charge in [-0.3, -0.25) is 9.69 Å². The Hall–Kier alpha value is -2.03. The van der Waals surface area contributed by atoms with Crippen molar-refractivity contribution >= 4 is 12.0 Å². The van der Waals surface area contributed by atoms with Gasteiger partial charge in [-0.05, 0) is 52.9 Å². The third-order valence-corrected chi connectivity index (χ3v) is 3.62. The third kappa shape index (κ3) is 8.56. The number of hydrogen-bond acceptors (Lipinski definition) is 4. The molecule has 1 N–H and O–H groups in total. The van der Waals surface area contributed by atoms with Crippen molar-refractivity contribution in [3.63, 3.8) is 0 Å². The van der Waals surface area contributed by atoms with E-state index >= 15 is 0 Å². The van der Waals surface area contributed by atoms with E-state index in [9.17, 15) is 14.9 Å². The van der Waals surface area contributed by atoms with E-state index in [0.29, 0.717) is 12.3 Å². The van der Waals surface area contributed by atoms with E-state index in [1.54, 1.807) is 27.7 Å². The molecule has 0 saturated carbocycles. The van der Waals surface area contributed by atoms with Gasteiger partial charge in [0.05, 0.1) is 6.07 Å². The van der Waals surface area contributed by atoms with Gasteiger partial charge < -0.3 is 10.1 Å². The summed E-state index contributed by atoms with van der Waals surface area (Å²) in [6.45, 7) is 12.6. The van der Waals surface area contributed by atoms with Crippen molar-refractivity contribution in [1.29, 1.82) is 5.26 Å². The van der Waals surface area contributed by atoms with E-state index in [-0.39, 0.29) is 5.91 Å². The number of nitrogens with one attached hydrogen (secondary N) is 1. The average Bonchev–Trinajstić information content (AvgIpc) is 2.48. The van der Waals surface area contributed by atoms with Crippen LogP contribution in [0.3, 0.4) is 0 Å². The smallest absolute Gasteiger partial charge is 0.410 e. The topological polar surface area (TPSA) is 82.4 Å². The van der Waals surface area contributed by atoms with Crippen LogP contribution in [-0.2, 0) is 9.53 Å². The van der Waals surface area contributed by atoms with Gasteiger partial charge in [-0.25, -0.2) is 4.79 Å². The van der Waals surface area contributed by atoms with Crippen molar-refractivity contribution in [1.82, 2.24) is 10.2 Å². The molecule has 0 spiro atoms. The standard InChI is InChI=1S/C18H31N3O3/c1-8-9-10-13(2)11-15(12-19)20-16(22)14(3)21(7)17(23)24-18(4,5)6/h8,13-15H,1,9-11H2,2-7H3,(H,20,22)/t13-,14+,15?/m1/s1. The Morgan fingerprint density at radius 3 is 2.42 bits per heavy atom. The maximum Gasteiger partial charge on any atom is 0.410 e. The molecule has 0 aliphatic carbocycles. The van der Waals surface area contributed by atoms with Gasteiger partial charge in [0.15, 0.2) is 0 Å². The van der Waals surface area contributed by atoms with Gasteiger partial charge in [0.1, 0.15) is 17.7 Å². The Morgan fingerprint density at radius 2 is 1.96 bits per heavy atom. The molecule has 0 aliphatic heterocycles. The lowest BCUT2D eigenvalue weighted by Crippen LogP contribution is -2.49. The highest BCUT2D eigenvalue weighted by molar-refractivity contribution is 5.85. The second-order valence-corrected chi connectivity index (χ2v) is 7.16. The van der Waals surface area contributed by atoms with Crippen molar-refractivity contribution < 1.29 is 14.3 Å². The third-order valence-electron chi connectivity index (χ3n) is 3.62. The van der Waals surface area contributed by atoms with E-state index in [2.05, 4.69) is 18.0 Å². The van der Waals surface area contributed by atoms with Crippen molar-refractivity contribution in [3.8, 4) is 6.07 Å². The molecule has 0 bridgehead atoms. The highest BCUT2D eigenvalue weighted by Gasteiger charge is 2.28. The summed E-state index contributed by atoms with van der Waals surface area (Å²) < 4.78 is 5.24. The number of hydrogen-bond donors (Lipinski definition) is 1. The van der Waals surface area contributed by atoms with Gasteiger partial charge in [0.2, 0.25) is 5.91 Å². The van der Waals surface area contributed by atoms with Crippen molar-refractivity contribution in [2.45, 2.75) is 71.6 Å². The van der Waals surface area contributed by atoms with Crippen LogP contribution in [0.2, 0.25) is 0 Å². The molecule has 24 heavy (non-hydrogen) atoms. The molecule has 0 aromatic rings. The maximum atomic E-state index is 12.3. The molecular formula is C18H31N3O3. The van der Waals surface area contributed by atoms with E-state index in [4.69, 9.17) is 4.74 Å². The van der Waals surface area contributed by atoms with Crippen LogP contribution in [-0.4, -0.2) is 41.6 Å². The Balaban J connectivity index is 4.63. The number of carbonyl (C=O) groups is 2. The summed E-state index contributed by atoms with van der Waals surface area (Å²) in [4.78, 5) is 25.5. The molecule has 0 aromatic carbocycles. The molecule has 0 aliphatic rings. The Bertz CT molecular complexity index is 477. The summed E-state index contributed by atoms with van der Waals surface area (Å²) >= 11 is 0. The largest absolute Gasteiger partial charge is 0.444 e. The van der Waals surface area contributed by atoms with Crippen LogP contribution in [0, 0.1) is 17.2 Å². The predicted molar refractivity (Wildman–Crippen MR) is 94.2 cm³/mol. The first-order valence-electron chi connectivity index (χ1n) is 8.28. The van der Waals surface area contributed by atoms with Gasteiger partial charge in [0, 0.05) is 7.05 Å². The van der Waals surface area contributed by atoms with Gasteiger partial charge >= 0.3 is 6.09 Å². The molecule has 0 fully saturated rings. The number of allylic oxidation sites excluding steroid dienone is 1. The van der Waals surface area contributed by atoms with Crippen LogP contribution in [0.1, 0.15) is 53.9 Å². The lowest BCUT2D eigenvalue weighted by atomic mass is 9.97.